The summed E-state index contributed by atoms with van der Waals surface area (Å²) in [6.07, 6.45) is 1.72. The third-order valence-electron chi connectivity index (χ3n) is 4.54. The average molecular weight is 364 g/mol. The Morgan fingerprint density at radius 2 is 1.96 bits per heavy atom. The summed E-state index contributed by atoms with van der Waals surface area (Å²) < 4.78 is 11.4. The number of oxazole rings is 1. The standard InChI is InChI=1S/C21H24N4O2/c1-2-26-19-5-3-4-16(14-19)20-15-23-21(27-20)24-17-6-8-18(9-7-17)25-12-10-22-11-13-25/h3-9,14-15,22H,2,10-13H2,1H3,(H,23,24). The Hall–Kier alpha value is -2.99. The number of hydrogen-bond acceptors (Lipinski definition) is 6. The highest BCUT2D eigenvalue weighted by atomic mass is 16.5. The van der Waals surface area contributed by atoms with Crippen molar-refractivity contribution in [2.75, 3.05) is 43.0 Å². The normalized spacial score (nSPS) is 14.2. The average Bonchev–Trinajstić information content (AvgIpc) is 3.18. The van der Waals surface area contributed by atoms with E-state index >= 15 is 0 Å². The fourth-order valence-corrected chi connectivity index (χ4v) is 3.17. The first kappa shape index (κ1) is 17.4. The highest BCUT2D eigenvalue weighted by molar-refractivity contribution is 5.62. The van der Waals surface area contributed by atoms with Crippen molar-refractivity contribution in [3.05, 3.63) is 54.7 Å². The second kappa shape index (κ2) is 8.14. The summed E-state index contributed by atoms with van der Waals surface area (Å²) in [5, 5.41) is 6.60. The van der Waals surface area contributed by atoms with E-state index < -0.39 is 0 Å². The number of nitrogens with one attached hydrogen (secondary N) is 2. The van der Waals surface area contributed by atoms with Gasteiger partial charge in [-0.15, -0.1) is 0 Å². The monoisotopic (exact) mass is 364 g/mol. The van der Waals surface area contributed by atoms with E-state index in [0.29, 0.717) is 18.4 Å². The lowest BCUT2D eigenvalue weighted by atomic mass is 10.2. The fourth-order valence-electron chi connectivity index (χ4n) is 3.17. The Morgan fingerprint density at radius 3 is 2.74 bits per heavy atom. The zero-order chi connectivity index (χ0) is 18.5. The van der Waals surface area contributed by atoms with Crippen molar-refractivity contribution in [3.8, 4) is 17.1 Å². The molecule has 6 heteroatoms. The predicted octanol–water partition coefficient (Wildman–Crippen LogP) is 3.89. The van der Waals surface area contributed by atoms with Gasteiger partial charge in [-0.05, 0) is 43.3 Å². The van der Waals surface area contributed by atoms with Gasteiger partial charge in [-0.1, -0.05) is 12.1 Å². The van der Waals surface area contributed by atoms with E-state index in [0.717, 1.165) is 43.2 Å². The number of benzene rings is 2. The number of ether oxygens (including phenoxy) is 1. The first-order valence-corrected chi connectivity index (χ1v) is 9.33. The van der Waals surface area contributed by atoms with Crippen LogP contribution in [-0.4, -0.2) is 37.8 Å². The van der Waals surface area contributed by atoms with Crippen LogP contribution in [0, 0.1) is 0 Å². The molecule has 2 aromatic carbocycles. The fraction of sp³-hybridized carbons (Fsp3) is 0.286. The molecule has 1 saturated heterocycles. The molecule has 0 radical (unpaired) electrons. The topological polar surface area (TPSA) is 62.6 Å². The van der Waals surface area contributed by atoms with E-state index in [-0.39, 0.29) is 0 Å². The summed E-state index contributed by atoms with van der Waals surface area (Å²) in [4.78, 5) is 6.72. The molecule has 0 atom stereocenters. The summed E-state index contributed by atoms with van der Waals surface area (Å²) in [5.74, 6) is 1.53. The van der Waals surface area contributed by atoms with Crippen molar-refractivity contribution in [3.63, 3.8) is 0 Å². The van der Waals surface area contributed by atoms with E-state index in [1.54, 1.807) is 6.20 Å². The highest BCUT2D eigenvalue weighted by Gasteiger charge is 2.11. The van der Waals surface area contributed by atoms with Gasteiger partial charge in [-0.2, -0.15) is 0 Å². The molecule has 0 spiro atoms. The van der Waals surface area contributed by atoms with Crippen molar-refractivity contribution >= 4 is 17.4 Å². The Labute approximate surface area is 159 Å². The van der Waals surface area contributed by atoms with E-state index in [2.05, 4.69) is 44.8 Å². The molecule has 4 rings (SSSR count). The molecule has 0 bridgehead atoms. The van der Waals surface area contributed by atoms with Crippen LogP contribution in [0.15, 0.2) is 59.1 Å². The molecule has 3 aromatic rings. The minimum absolute atomic E-state index is 0.474. The van der Waals surface area contributed by atoms with Gasteiger partial charge in [-0.3, -0.25) is 0 Å². The Kier molecular flexibility index (Phi) is 5.25. The number of aromatic nitrogens is 1. The van der Waals surface area contributed by atoms with E-state index in [9.17, 15) is 0 Å². The first-order valence-electron chi connectivity index (χ1n) is 9.33. The Morgan fingerprint density at radius 1 is 1.15 bits per heavy atom. The zero-order valence-corrected chi connectivity index (χ0v) is 15.4. The minimum atomic E-state index is 0.474. The lowest BCUT2D eigenvalue weighted by Gasteiger charge is -2.29. The Bertz CT molecular complexity index is 870. The zero-order valence-electron chi connectivity index (χ0n) is 15.4. The second-order valence-electron chi connectivity index (χ2n) is 6.40. The quantitative estimate of drug-likeness (QED) is 0.692. The maximum Gasteiger partial charge on any atom is 0.299 e. The molecule has 1 aliphatic heterocycles. The molecule has 2 N–H and O–H groups in total. The van der Waals surface area contributed by atoms with Crippen LogP contribution in [0.25, 0.3) is 11.3 Å². The van der Waals surface area contributed by atoms with Crippen LogP contribution >= 0.6 is 0 Å². The SMILES string of the molecule is CCOc1cccc(-c2cnc(Nc3ccc(N4CCNCC4)cc3)o2)c1. The van der Waals surface area contributed by atoms with Crippen LogP contribution in [0.2, 0.25) is 0 Å². The third-order valence-corrected chi connectivity index (χ3v) is 4.54. The molecule has 140 valence electrons. The minimum Gasteiger partial charge on any atom is -0.494 e. The first-order chi connectivity index (χ1) is 13.3. The summed E-state index contributed by atoms with van der Waals surface area (Å²) in [7, 11) is 0. The molecule has 2 heterocycles. The van der Waals surface area contributed by atoms with Gasteiger partial charge in [0.25, 0.3) is 6.01 Å². The van der Waals surface area contributed by atoms with Crippen LogP contribution in [0.5, 0.6) is 5.75 Å². The summed E-state index contributed by atoms with van der Waals surface area (Å²) >= 11 is 0. The number of hydrogen-bond donors (Lipinski definition) is 2. The van der Waals surface area contributed by atoms with Gasteiger partial charge >= 0.3 is 0 Å². The highest BCUT2D eigenvalue weighted by Crippen LogP contribution is 2.28. The van der Waals surface area contributed by atoms with E-state index in [1.165, 1.54) is 5.69 Å². The number of anilines is 3. The summed E-state index contributed by atoms with van der Waals surface area (Å²) in [6.45, 7) is 6.74. The Balaban J connectivity index is 1.44. The molecule has 0 unspecified atom stereocenters. The molecule has 1 aliphatic rings. The molecule has 1 aromatic heterocycles. The van der Waals surface area contributed by atoms with Crippen LogP contribution in [0.3, 0.4) is 0 Å². The number of piperazine rings is 1. The van der Waals surface area contributed by atoms with Gasteiger partial charge < -0.3 is 24.7 Å². The maximum atomic E-state index is 5.86. The third kappa shape index (κ3) is 4.23. The number of nitrogens with zero attached hydrogens (tertiary/aromatic N) is 2. The van der Waals surface area contributed by atoms with Crippen molar-refractivity contribution in [1.82, 2.24) is 10.3 Å². The maximum absolute atomic E-state index is 5.86. The molecule has 6 nitrogen and oxygen atoms in total. The van der Waals surface area contributed by atoms with E-state index in [4.69, 9.17) is 9.15 Å². The molecule has 27 heavy (non-hydrogen) atoms. The van der Waals surface area contributed by atoms with Crippen molar-refractivity contribution in [2.45, 2.75) is 6.92 Å². The summed E-state index contributed by atoms with van der Waals surface area (Å²) in [6, 6.07) is 16.7. The van der Waals surface area contributed by atoms with Gasteiger partial charge in [0.05, 0.1) is 12.8 Å². The van der Waals surface area contributed by atoms with Gasteiger partial charge in [0.15, 0.2) is 5.76 Å². The molecule has 0 saturated carbocycles. The van der Waals surface area contributed by atoms with Gasteiger partial charge in [-0.25, -0.2) is 4.98 Å². The van der Waals surface area contributed by atoms with Crippen LogP contribution < -0.4 is 20.3 Å². The lowest BCUT2D eigenvalue weighted by Crippen LogP contribution is -2.43. The van der Waals surface area contributed by atoms with Crippen LogP contribution in [-0.2, 0) is 0 Å². The smallest absolute Gasteiger partial charge is 0.299 e. The van der Waals surface area contributed by atoms with Crippen LogP contribution in [0.1, 0.15) is 6.92 Å². The number of rotatable bonds is 6. The van der Waals surface area contributed by atoms with Gasteiger partial charge in [0, 0.05) is 43.1 Å². The van der Waals surface area contributed by atoms with Crippen molar-refractivity contribution in [2.24, 2.45) is 0 Å². The van der Waals surface area contributed by atoms with Gasteiger partial charge in [0.1, 0.15) is 5.75 Å². The molecule has 0 aliphatic carbocycles. The molecular formula is C21H24N4O2. The molecule has 1 fully saturated rings. The van der Waals surface area contributed by atoms with Crippen molar-refractivity contribution in [1.29, 1.82) is 0 Å². The molecule has 0 amide bonds. The lowest BCUT2D eigenvalue weighted by molar-refractivity contribution is 0.340. The van der Waals surface area contributed by atoms with Crippen molar-refractivity contribution < 1.29 is 9.15 Å². The largest absolute Gasteiger partial charge is 0.494 e. The van der Waals surface area contributed by atoms with Crippen LogP contribution in [0.4, 0.5) is 17.4 Å². The van der Waals surface area contributed by atoms with Gasteiger partial charge in [0.2, 0.25) is 0 Å². The second-order valence-corrected chi connectivity index (χ2v) is 6.40. The predicted molar refractivity (Wildman–Crippen MR) is 108 cm³/mol. The van der Waals surface area contributed by atoms with E-state index in [1.807, 2.05) is 31.2 Å². The molecular weight excluding hydrogens is 340 g/mol. The summed E-state index contributed by atoms with van der Waals surface area (Å²) in [5.41, 5.74) is 3.13.